The van der Waals surface area contributed by atoms with Crippen LogP contribution in [0.15, 0.2) is 28.2 Å². The number of aryl methyl sites for hydroxylation is 1. The molecule has 0 radical (unpaired) electrons. The molecule has 0 saturated carbocycles. The van der Waals surface area contributed by atoms with Crippen molar-refractivity contribution in [1.82, 2.24) is 14.3 Å². The number of aliphatic imine (C=N–C) groups is 1. The van der Waals surface area contributed by atoms with Gasteiger partial charge in [0.1, 0.15) is 11.3 Å². The Hall–Kier alpha value is -2.70. The summed E-state index contributed by atoms with van der Waals surface area (Å²) in [6.07, 6.45) is 5.30. The van der Waals surface area contributed by atoms with E-state index in [1.807, 2.05) is 27.1 Å². The summed E-state index contributed by atoms with van der Waals surface area (Å²) in [5.41, 5.74) is 1.36. The number of nitrogens with zero attached hydrogens (tertiary/aromatic N) is 4. The zero-order valence-corrected chi connectivity index (χ0v) is 13.7. The summed E-state index contributed by atoms with van der Waals surface area (Å²) >= 11 is 0. The van der Waals surface area contributed by atoms with Crippen molar-refractivity contribution in [1.29, 1.82) is 0 Å². The van der Waals surface area contributed by atoms with Crippen molar-refractivity contribution in [3.8, 4) is 0 Å². The summed E-state index contributed by atoms with van der Waals surface area (Å²) in [6.45, 7) is 3.87. The predicted octanol–water partition coefficient (Wildman–Crippen LogP) is 1.66. The molecule has 2 aromatic rings. The number of aromatic nitrogens is 2. The van der Waals surface area contributed by atoms with Gasteiger partial charge in [0.05, 0.1) is 12.9 Å². The highest BCUT2D eigenvalue weighted by Gasteiger charge is 2.16. The van der Waals surface area contributed by atoms with Gasteiger partial charge in [0.2, 0.25) is 0 Å². The van der Waals surface area contributed by atoms with Crippen molar-refractivity contribution in [3.63, 3.8) is 0 Å². The van der Waals surface area contributed by atoms with E-state index in [-0.39, 0.29) is 12.2 Å². The first-order valence-corrected chi connectivity index (χ1v) is 7.40. The van der Waals surface area contributed by atoms with E-state index in [9.17, 15) is 9.59 Å². The minimum Gasteiger partial charge on any atom is -0.462 e. The van der Waals surface area contributed by atoms with Crippen molar-refractivity contribution < 1.29 is 9.53 Å². The molecule has 0 saturated heterocycles. The Labute approximate surface area is 134 Å². The molecule has 23 heavy (non-hydrogen) atoms. The van der Waals surface area contributed by atoms with Gasteiger partial charge in [-0.3, -0.25) is 9.20 Å². The third kappa shape index (κ3) is 3.56. The molecule has 2 rings (SSSR count). The maximum atomic E-state index is 12.6. The number of rotatable bonds is 5. The minimum atomic E-state index is -0.667. The lowest BCUT2D eigenvalue weighted by atomic mass is 10.2. The molecule has 0 aliphatic rings. The van der Waals surface area contributed by atoms with Gasteiger partial charge >= 0.3 is 5.97 Å². The molecule has 0 bridgehead atoms. The predicted molar refractivity (Wildman–Crippen MR) is 88.6 cm³/mol. The normalized spacial score (nSPS) is 11.1. The Morgan fingerprint density at radius 3 is 2.78 bits per heavy atom. The topological polar surface area (TPSA) is 76.3 Å². The molecule has 0 aromatic carbocycles. The molecular weight excluding hydrogens is 296 g/mol. The number of carbonyl (C=O) groups excluding carboxylic acids is 1. The van der Waals surface area contributed by atoms with Gasteiger partial charge in [0.15, 0.2) is 5.65 Å². The van der Waals surface area contributed by atoms with Crippen LogP contribution >= 0.6 is 0 Å². The third-order valence-electron chi connectivity index (χ3n) is 3.17. The Kier molecular flexibility index (Phi) is 5.10. The summed E-state index contributed by atoms with van der Waals surface area (Å²) in [6, 6.07) is 1.88. The Morgan fingerprint density at radius 2 is 2.17 bits per heavy atom. The van der Waals surface area contributed by atoms with E-state index in [4.69, 9.17) is 4.74 Å². The van der Waals surface area contributed by atoms with Gasteiger partial charge in [0, 0.05) is 26.5 Å². The monoisotopic (exact) mass is 316 g/mol. The van der Waals surface area contributed by atoms with Crippen LogP contribution in [0.2, 0.25) is 0 Å². The van der Waals surface area contributed by atoms with Crippen molar-refractivity contribution in [3.05, 3.63) is 39.9 Å². The van der Waals surface area contributed by atoms with Crippen LogP contribution in [0, 0.1) is 0 Å². The summed E-state index contributed by atoms with van der Waals surface area (Å²) in [5.74, 6) is -0.667. The van der Waals surface area contributed by atoms with E-state index in [1.165, 1.54) is 10.6 Å². The molecule has 7 heteroatoms. The second-order valence-electron chi connectivity index (χ2n) is 5.19. The Morgan fingerprint density at radius 1 is 1.43 bits per heavy atom. The van der Waals surface area contributed by atoms with Crippen LogP contribution < -0.4 is 5.56 Å². The lowest BCUT2D eigenvalue weighted by Crippen LogP contribution is -2.24. The molecule has 0 unspecified atom stereocenters. The quantitative estimate of drug-likeness (QED) is 0.476. The number of pyridine rings is 1. The highest BCUT2D eigenvalue weighted by Crippen LogP contribution is 2.20. The van der Waals surface area contributed by atoms with Crippen molar-refractivity contribution >= 4 is 23.6 Å². The van der Waals surface area contributed by atoms with Gasteiger partial charge in [-0.05, 0) is 25.0 Å². The number of hydrogen-bond acceptors (Lipinski definition) is 5. The van der Waals surface area contributed by atoms with Crippen LogP contribution in [0.1, 0.15) is 29.8 Å². The summed E-state index contributed by atoms with van der Waals surface area (Å²) in [5, 5.41) is 0. The number of esters is 1. The largest absolute Gasteiger partial charge is 0.462 e. The minimum absolute atomic E-state index is 0.0832. The molecule has 0 N–H and O–H groups in total. The molecule has 0 amide bonds. The van der Waals surface area contributed by atoms with E-state index in [2.05, 4.69) is 9.98 Å². The van der Waals surface area contributed by atoms with Crippen LogP contribution in [-0.2, 0) is 11.2 Å². The Balaban J connectivity index is 2.69. The first-order valence-electron chi connectivity index (χ1n) is 7.40. The molecule has 0 fully saturated rings. The van der Waals surface area contributed by atoms with E-state index in [0.717, 1.165) is 12.0 Å². The fourth-order valence-corrected chi connectivity index (χ4v) is 2.04. The second-order valence-corrected chi connectivity index (χ2v) is 5.19. The van der Waals surface area contributed by atoms with Crippen LogP contribution in [0.5, 0.6) is 0 Å². The highest BCUT2D eigenvalue weighted by molar-refractivity contribution is 5.89. The molecular formula is C16H20N4O3. The average molecular weight is 316 g/mol. The number of ether oxygens (including phenoxy) is 1. The number of hydrogen-bond donors (Lipinski definition) is 0. The summed E-state index contributed by atoms with van der Waals surface area (Å²) in [4.78, 5) is 34.8. The van der Waals surface area contributed by atoms with Crippen LogP contribution in [0.4, 0.5) is 5.69 Å². The first kappa shape index (κ1) is 16.7. The maximum absolute atomic E-state index is 12.6. The Bertz CT molecular complexity index is 809. The summed E-state index contributed by atoms with van der Waals surface area (Å²) < 4.78 is 6.25. The van der Waals surface area contributed by atoms with Gasteiger partial charge in [-0.15, -0.1) is 0 Å². The molecule has 122 valence electrons. The third-order valence-corrected chi connectivity index (χ3v) is 3.17. The smallest absolute Gasteiger partial charge is 0.345 e. The number of fused-ring (bicyclic) bond motifs is 1. The molecule has 2 heterocycles. The first-order chi connectivity index (χ1) is 11.0. The summed E-state index contributed by atoms with van der Waals surface area (Å²) in [7, 11) is 3.71. The standard InChI is InChI=1S/C16H20N4O3/c1-5-11-7-13(18-10-19(3)4)14-17-8-12(16(22)23-6-2)15(21)20(14)9-11/h7-10H,5-6H2,1-4H3. The fourth-order valence-electron chi connectivity index (χ4n) is 2.04. The SMILES string of the molecule is CCOC(=O)c1cnc2c(N=CN(C)C)cc(CC)cn2c1=O. The van der Waals surface area contributed by atoms with Gasteiger partial charge in [-0.25, -0.2) is 14.8 Å². The van der Waals surface area contributed by atoms with Crippen molar-refractivity contribution in [2.24, 2.45) is 4.99 Å². The average Bonchev–Trinajstić information content (AvgIpc) is 2.53. The van der Waals surface area contributed by atoms with Gasteiger partial charge in [-0.1, -0.05) is 6.92 Å². The molecule has 7 nitrogen and oxygen atoms in total. The van der Waals surface area contributed by atoms with Crippen molar-refractivity contribution in [2.75, 3.05) is 20.7 Å². The lowest BCUT2D eigenvalue weighted by Gasteiger charge is -2.09. The molecule has 0 atom stereocenters. The molecule has 2 aromatic heterocycles. The van der Waals surface area contributed by atoms with Crippen molar-refractivity contribution in [2.45, 2.75) is 20.3 Å². The second kappa shape index (κ2) is 7.04. The number of carbonyl (C=O) groups is 1. The van der Waals surface area contributed by atoms with Gasteiger partial charge in [-0.2, -0.15) is 0 Å². The zero-order valence-electron chi connectivity index (χ0n) is 13.7. The van der Waals surface area contributed by atoms with E-state index in [1.54, 1.807) is 24.4 Å². The van der Waals surface area contributed by atoms with Gasteiger partial charge in [0.25, 0.3) is 5.56 Å². The molecule has 0 spiro atoms. The zero-order chi connectivity index (χ0) is 17.0. The van der Waals surface area contributed by atoms with Gasteiger partial charge < -0.3 is 9.64 Å². The van der Waals surface area contributed by atoms with E-state index >= 15 is 0 Å². The fraction of sp³-hybridized carbons (Fsp3) is 0.375. The van der Waals surface area contributed by atoms with E-state index < -0.39 is 11.5 Å². The van der Waals surface area contributed by atoms with Crippen LogP contribution in [0.3, 0.4) is 0 Å². The van der Waals surface area contributed by atoms with Crippen LogP contribution in [-0.4, -0.2) is 47.3 Å². The highest BCUT2D eigenvalue weighted by atomic mass is 16.5. The maximum Gasteiger partial charge on any atom is 0.345 e. The molecule has 0 aliphatic carbocycles. The lowest BCUT2D eigenvalue weighted by molar-refractivity contribution is 0.0523. The molecule has 0 aliphatic heterocycles. The van der Waals surface area contributed by atoms with E-state index in [0.29, 0.717) is 11.3 Å². The van der Waals surface area contributed by atoms with Crippen LogP contribution in [0.25, 0.3) is 5.65 Å².